The normalized spacial score (nSPS) is 18.0. The molecule has 0 saturated carbocycles. The summed E-state index contributed by atoms with van der Waals surface area (Å²) in [5, 5.41) is 6.07. The molecule has 0 bridgehead atoms. The second-order valence-corrected chi connectivity index (χ2v) is 8.15. The molecular formula is C24H20N4O4. The summed E-state index contributed by atoms with van der Waals surface area (Å²) in [5.74, 6) is -1.36. The van der Waals surface area contributed by atoms with E-state index in [4.69, 9.17) is 0 Å². The number of nitrogens with zero attached hydrogens (tertiary/aromatic N) is 2. The summed E-state index contributed by atoms with van der Waals surface area (Å²) in [6.07, 6.45) is 2.10. The molecular weight excluding hydrogens is 408 g/mol. The highest BCUT2D eigenvalue weighted by atomic mass is 16.2. The van der Waals surface area contributed by atoms with E-state index in [-0.39, 0.29) is 30.7 Å². The zero-order chi connectivity index (χ0) is 22.4. The van der Waals surface area contributed by atoms with Gasteiger partial charge in [0.05, 0.1) is 17.4 Å². The van der Waals surface area contributed by atoms with Gasteiger partial charge in [-0.2, -0.15) is 0 Å². The van der Waals surface area contributed by atoms with Crippen molar-refractivity contribution < 1.29 is 19.2 Å². The molecule has 1 saturated heterocycles. The number of aryl methyl sites for hydroxylation is 1. The van der Waals surface area contributed by atoms with E-state index < -0.39 is 11.9 Å². The monoisotopic (exact) mass is 428 g/mol. The summed E-state index contributed by atoms with van der Waals surface area (Å²) >= 11 is 0. The quantitative estimate of drug-likeness (QED) is 0.624. The first-order chi connectivity index (χ1) is 15.4. The van der Waals surface area contributed by atoms with Crippen LogP contribution in [0.4, 0.5) is 5.69 Å². The molecule has 0 aliphatic carbocycles. The Morgan fingerprint density at radius 2 is 1.97 bits per heavy atom. The van der Waals surface area contributed by atoms with Crippen LogP contribution in [0.15, 0.2) is 48.7 Å². The number of amides is 4. The van der Waals surface area contributed by atoms with Crippen molar-refractivity contribution in [3.8, 4) is 0 Å². The van der Waals surface area contributed by atoms with Crippen LogP contribution in [0.2, 0.25) is 0 Å². The van der Waals surface area contributed by atoms with E-state index in [0.29, 0.717) is 28.8 Å². The molecule has 4 amide bonds. The number of imide groups is 1. The van der Waals surface area contributed by atoms with Gasteiger partial charge >= 0.3 is 0 Å². The zero-order valence-corrected chi connectivity index (χ0v) is 17.3. The molecule has 0 radical (unpaired) electrons. The minimum Gasteiger partial charge on any atom is -0.322 e. The zero-order valence-electron chi connectivity index (χ0n) is 17.3. The molecule has 160 valence electrons. The van der Waals surface area contributed by atoms with Gasteiger partial charge in [0.2, 0.25) is 11.8 Å². The lowest BCUT2D eigenvalue weighted by atomic mass is 10.0. The number of pyridine rings is 1. The van der Waals surface area contributed by atoms with Gasteiger partial charge in [0.1, 0.15) is 6.04 Å². The first-order valence-corrected chi connectivity index (χ1v) is 10.3. The number of piperidine rings is 1. The van der Waals surface area contributed by atoms with Gasteiger partial charge in [-0.1, -0.05) is 11.6 Å². The van der Waals surface area contributed by atoms with Crippen LogP contribution in [0.1, 0.15) is 44.7 Å². The second kappa shape index (κ2) is 7.56. The van der Waals surface area contributed by atoms with Gasteiger partial charge < -0.3 is 10.2 Å². The average Bonchev–Trinajstić information content (AvgIpc) is 3.09. The third kappa shape index (κ3) is 3.49. The molecule has 3 heterocycles. The van der Waals surface area contributed by atoms with E-state index in [0.717, 1.165) is 16.5 Å². The summed E-state index contributed by atoms with van der Waals surface area (Å²) in [7, 11) is 0. The number of carbonyl (C=O) groups is 4. The molecule has 2 aliphatic rings. The number of carbonyl (C=O) groups excluding carboxylic acids is 4. The summed E-state index contributed by atoms with van der Waals surface area (Å²) in [6, 6.07) is 12.0. The molecule has 1 unspecified atom stereocenters. The van der Waals surface area contributed by atoms with Crippen molar-refractivity contribution in [3.05, 3.63) is 70.9 Å². The fourth-order valence-electron chi connectivity index (χ4n) is 4.24. The lowest BCUT2D eigenvalue weighted by molar-refractivity contribution is -0.136. The molecule has 2 aliphatic heterocycles. The molecule has 2 aromatic carbocycles. The molecule has 8 nitrogen and oxygen atoms in total. The number of benzene rings is 2. The van der Waals surface area contributed by atoms with Crippen LogP contribution < -0.4 is 10.6 Å². The molecule has 3 aromatic rings. The van der Waals surface area contributed by atoms with E-state index in [2.05, 4.69) is 15.6 Å². The first kappa shape index (κ1) is 19.9. The molecule has 1 aromatic heterocycles. The minimum atomic E-state index is -0.683. The summed E-state index contributed by atoms with van der Waals surface area (Å²) < 4.78 is 0. The number of rotatable bonds is 3. The lowest BCUT2D eigenvalue weighted by Crippen LogP contribution is -2.52. The van der Waals surface area contributed by atoms with E-state index >= 15 is 0 Å². The minimum absolute atomic E-state index is 0.198. The Morgan fingerprint density at radius 3 is 2.78 bits per heavy atom. The maximum atomic E-state index is 12.8. The van der Waals surface area contributed by atoms with Crippen molar-refractivity contribution in [1.82, 2.24) is 15.2 Å². The largest absolute Gasteiger partial charge is 0.322 e. The second-order valence-electron chi connectivity index (χ2n) is 8.15. The number of anilines is 1. The summed E-state index contributed by atoms with van der Waals surface area (Å²) in [5.41, 5.74) is 4.08. The van der Waals surface area contributed by atoms with Crippen molar-refractivity contribution in [2.45, 2.75) is 32.4 Å². The van der Waals surface area contributed by atoms with Crippen LogP contribution in [0.3, 0.4) is 0 Å². The molecule has 8 heteroatoms. The third-order valence-corrected chi connectivity index (χ3v) is 5.88. The molecule has 1 atom stereocenters. The maximum absolute atomic E-state index is 12.8. The van der Waals surface area contributed by atoms with Crippen LogP contribution in [-0.2, 0) is 16.1 Å². The Bertz CT molecular complexity index is 1320. The van der Waals surface area contributed by atoms with Crippen LogP contribution in [0, 0.1) is 6.92 Å². The Hall–Kier alpha value is -4.07. The average molecular weight is 428 g/mol. The van der Waals surface area contributed by atoms with Crippen LogP contribution in [-0.4, -0.2) is 39.6 Å². The maximum Gasteiger partial charge on any atom is 0.255 e. The number of hydrogen-bond donors (Lipinski definition) is 2. The standard InChI is InChI=1S/C24H20N4O4/c1-13-2-5-19-15(8-13)10-17(11-25-19)26-22(30)14-3-4-18-16(9-14)12-28(24(18)32)20-6-7-21(29)27-23(20)31/h2-5,8-11,20H,6-7,12H2,1H3,(H,26,30)(H,27,29,31). The van der Waals surface area contributed by atoms with Gasteiger partial charge in [-0.25, -0.2) is 0 Å². The van der Waals surface area contributed by atoms with Gasteiger partial charge in [-0.3, -0.25) is 29.5 Å². The molecule has 1 fully saturated rings. The summed E-state index contributed by atoms with van der Waals surface area (Å²) in [6.45, 7) is 2.22. The van der Waals surface area contributed by atoms with E-state index in [1.165, 1.54) is 4.90 Å². The van der Waals surface area contributed by atoms with Gasteiger partial charge in [0.15, 0.2) is 0 Å². The highest BCUT2D eigenvalue weighted by Crippen LogP contribution is 2.28. The molecule has 5 rings (SSSR count). The number of hydrogen-bond acceptors (Lipinski definition) is 5. The van der Waals surface area contributed by atoms with Gasteiger partial charge in [0.25, 0.3) is 11.8 Å². The topological polar surface area (TPSA) is 108 Å². The Labute approximate surface area is 183 Å². The van der Waals surface area contributed by atoms with Crippen LogP contribution in [0.5, 0.6) is 0 Å². The van der Waals surface area contributed by atoms with Gasteiger partial charge in [-0.05, 0) is 55.3 Å². The fourth-order valence-corrected chi connectivity index (χ4v) is 4.24. The van der Waals surface area contributed by atoms with Crippen molar-refractivity contribution in [1.29, 1.82) is 0 Å². The van der Waals surface area contributed by atoms with Gasteiger partial charge in [-0.15, -0.1) is 0 Å². The highest BCUT2D eigenvalue weighted by Gasteiger charge is 2.39. The Morgan fingerprint density at radius 1 is 1.12 bits per heavy atom. The Kier molecular flexibility index (Phi) is 4.70. The summed E-state index contributed by atoms with van der Waals surface area (Å²) in [4.78, 5) is 55.1. The van der Waals surface area contributed by atoms with Crippen LogP contribution >= 0.6 is 0 Å². The van der Waals surface area contributed by atoms with Crippen LogP contribution in [0.25, 0.3) is 10.9 Å². The lowest BCUT2D eigenvalue weighted by Gasteiger charge is -2.29. The number of fused-ring (bicyclic) bond motifs is 2. The predicted molar refractivity (Wildman–Crippen MR) is 117 cm³/mol. The third-order valence-electron chi connectivity index (χ3n) is 5.88. The fraction of sp³-hybridized carbons (Fsp3) is 0.208. The number of nitrogens with one attached hydrogen (secondary N) is 2. The Balaban J connectivity index is 1.35. The first-order valence-electron chi connectivity index (χ1n) is 10.3. The SMILES string of the molecule is Cc1ccc2ncc(NC(=O)c3ccc4c(c3)CN(C3CCC(=O)NC3=O)C4=O)cc2c1. The van der Waals surface area contributed by atoms with Crippen molar-refractivity contribution >= 4 is 40.2 Å². The van der Waals surface area contributed by atoms with E-state index in [1.807, 2.05) is 31.2 Å². The van der Waals surface area contributed by atoms with Crippen molar-refractivity contribution in [2.75, 3.05) is 5.32 Å². The molecule has 2 N–H and O–H groups in total. The number of aromatic nitrogens is 1. The highest BCUT2D eigenvalue weighted by molar-refractivity contribution is 6.08. The molecule has 32 heavy (non-hydrogen) atoms. The smallest absolute Gasteiger partial charge is 0.255 e. The van der Waals surface area contributed by atoms with Crippen molar-refractivity contribution in [2.24, 2.45) is 0 Å². The van der Waals surface area contributed by atoms with E-state index in [9.17, 15) is 19.2 Å². The van der Waals surface area contributed by atoms with Gasteiger partial charge in [0, 0.05) is 29.5 Å². The predicted octanol–water partition coefficient (Wildman–Crippen LogP) is 2.56. The van der Waals surface area contributed by atoms with E-state index in [1.54, 1.807) is 24.4 Å². The molecule has 0 spiro atoms. The van der Waals surface area contributed by atoms with Crippen molar-refractivity contribution in [3.63, 3.8) is 0 Å².